The summed E-state index contributed by atoms with van der Waals surface area (Å²) < 4.78 is 29.5. The maximum Gasteiger partial charge on any atom is 0.263 e. The Balaban J connectivity index is 1.71. The van der Waals surface area contributed by atoms with Gasteiger partial charge in [-0.2, -0.15) is 0 Å². The number of nitrogens with two attached hydrogens (primary N) is 1. The van der Waals surface area contributed by atoms with Gasteiger partial charge in [0, 0.05) is 24.5 Å². The van der Waals surface area contributed by atoms with Gasteiger partial charge in [-0.25, -0.2) is 18.4 Å². The molecular formula is C20H16ClN5O3S. The monoisotopic (exact) mass is 441 g/mol. The number of fused-ring (bicyclic) bond motifs is 1. The van der Waals surface area contributed by atoms with E-state index in [0.29, 0.717) is 16.6 Å². The number of nitrogens with zero attached hydrogens (tertiary/aromatic N) is 3. The lowest BCUT2D eigenvalue weighted by Crippen LogP contribution is -2.14. The molecule has 10 heteroatoms. The lowest BCUT2D eigenvalue weighted by atomic mass is 10.0. The number of ketones is 1. The van der Waals surface area contributed by atoms with Crippen molar-refractivity contribution in [2.45, 2.75) is 4.90 Å². The van der Waals surface area contributed by atoms with Crippen molar-refractivity contribution in [3.63, 3.8) is 0 Å². The fraction of sp³-hybridized carbons (Fsp3) is 0.0500. The van der Waals surface area contributed by atoms with Gasteiger partial charge in [0.2, 0.25) is 0 Å². The molecule has 152 valence electrons. The van der Waals surface area contributed by atoms with E-state index in [9.17, 15) is 13.2 Å². The van der Waals surface area contributed by atoms with Crippen molar-refractivity contribution >= 4 is 49.9 Å². The first kappa shape index (κ1) is 19.9. The number of sulfonamides is 1. The molecule has 0 aliphatic heterocycles. The Labute approximate surface area is 177 Å². The molecule has 2 aromatic carbocycles. The summed E-state index contributed by atoms with van der Waals surface area (Å²) in [7, 11) is -2.18. The molecule has 4 aromatic rings. The van der Waals surface area contributed by atoms with Gasteiger partial charge in [0.15, 0.2) is 5.78 Å². The van der Waals surface area contributed by atoms with Crippen molar-refractivity contribution in [1.29, 1.82) is 0 Å². The van der Waals surface area contributed by atoms with Gasteiger partial charge in [0.05, 0.1) is 16.0 Å². The van der Waals surface area contributed by atoms with Crippen molar-refractivity contribution in [2.75, 3.05) is 10.5 Å². The highest BCUT2D eigenvalue weighted by Crippen LogP contribution is 2.27. The number of aryl methyl sites for hydroxylation is 1. The maximum atomic E-state index is 13.1. The van der Waals surface area contributed by atoms with Crippen LogP contribution in [0.15, 0.2) is 66.0 Å². The zero-order valence-corrected chi connectivity index (χ0v) is 17.3. The molecule has 0 saturated carbocycles. The minimum Gasteiger partial charge on any atom is -0.383 e. The highest BCUT2D eigenvalue weighted by Gasteiger charge is 2.21. The SMILES string of the molecule is Cn1cc(C(=O)c2cccc(NS(=O)(=O)c3ccccc3Cl)c2)c2c(N)ncnc21. The molecule has 0 spiro atoms. The van der Waals surface area contributed by atoms with Crippen LogP contribution >= 0.6 is 11.6 Å². The van der Waals surface area contributed by atoms with Crippen LogP contribution in [0.4, 0.5) is 11.5 Å². The lowest BCUT2D eigenvalue weighted by Gasteiger charge is -2.10. The van der Waals surface area contributed by atoms with Crippen LogP contribution < -0.4 is 10.5 Å². The van der Waals surface area contributed by atoms with Crippen LogP contribution in [-0.4, -0.2) is 28.7 Å². The number of rotatable bonds is 5. The Hall–Kier alpha value is -3.43. The van der Waals surface area contributed by atoms with Gasteiger partial charge in [0.25, 0.3) is 10.0 Å². The van der Waals surface area contributed by atoms with Gasteiger partial charge < -0.3 is 10.3 Å². The fourth-order valence-corrected chi connectivity index (χ4v) is 4.73. The van der Waals surface area contributed by atoms with E-state index in [1.807, 2.05) is 0 Å². The van der Waals surface area contributed by atoms with Gasteiger partial charge in [0.1, 0.15) is 22.7 Å². The average Bonchev–Trinajstić information content (AvgIpc) is 3.05. The Morgan fingerprint density at radius 1 is 1.13 bits per heavy atom. The molecule has 0 bridgehead atoms. The summed E-state index contributed by atoms with van der Waals surface area (Å²) in [5, 5.41) is 0.551. The number of carbonyl (C=O) groups excluding carboxylic acids is 1. The predicted molar refractivity (Wildman–Crippen MR) is 115 cm³/mol. The third kappa shape index (κ3) is 3.49. The Kier molecular flexibility index (Phi) is 4.92. The molecule has 0 fully saturated rings. The number of halogens is 1. The molecule has 30 heavy (non-hydrogen) atoms. The second kappa shape index (κ2) is 7.43. The van der Waals surface area contributed by atoms with Crippen LogP contribution in [0.1, 0.15) is 15.9 Å². The van der Waals surface area contributed by atoms with Gasteiger partial charge >= 0.3 is 0 Å². The van der Waals surface area contributed by atoms with E-state index in [1.165, 1.54) is 24.5 Å². The molecule has 0 radical (unpaired) electrons. The molecule has 0 amide bonds. The first-order valence-corrected chi connectivity index (χ1v) is 10.6. The first-order chi connectivity index (χ1) is 14.3. The quantitative estimate of drug-likeness (QED) is 0.459. The number of benzene rings is 2. The van der Waals surface area contributed by atoms with Crippen molar-refractivity contribution in [1.82, 2.24) is 14.5 Å². The molecule has 3 N–H and O–H groups in total. The topological polar surface area (TPSA) is 120 Å². The van der Waals surface area contributed by atoms with Gasteiger partial charge in [-0.1, -0.05) is 35.9 Å². The Bertz CT molecular complexity index is 1400. The van der Waals surface area contributed by atoms with Crippen LogP contribution in [0, 0.1) is 0 Å². The summed E-state index contributed by atoms with van der Waals surface area (Å²) in [6.07, 6.45) is 2.95. The summed E-state index contributed by atoms with van der Waals surface area (Å²) in [5.41, 5.74) is 7.33. The second-order valence-corrected chi connectivity index (χ2v) is 8.62. The molecule has 0 saturated heterocycles. The average molecular weight is 442 g/mol. The van der Waals surface area contributed by atoms with Crippen LogP contribution in [0.2, 0.25) is 5.02 Å². The zero-order valence-electron chi connectivity index (χ0n) is 15.7. The van der Waals surface area contributed by atoms with Crippen LogP contribution in [0.5, 0.6) is 0 Å². The van der Waals surface area contributed by atoms with E-state index in [1.54, 1.807) is 48.1 Å². The molecule has 0 atom stereocenters. The van der Waals surface area contributed by atoms with Crippen molar-refractivity contribution in [3.8, 4) is 0 Å². The van der Waals surface area contributed by atoms with E-state index >= 15 is 0 Å². The number of hydrogen-bond acceptors (Lipinski definition) is 6. The number of carbonyl (C=O) groups is 1. The normalized spacial score (nSPS) is 11.5. The standard InChI is InChI=1S/C20H16ClN5O3S/c1-26-10-14(17-19(22)23-11-24-20(17)26)18(27)12-5-4-6-13(9-12)25-30(28,29)16-8-3-2-7-15(16)21/h2-11,25H,1H3,(H2,22,23,24). The van der Waals surface area contributed by atoms with Crippen molar-refractivity contribution < 1.29 is 13.2 Å². The van der Waals surface area contributed by atoms with Crippen LogP contribution in [0.25, 0.3) is 11.0 Å². The largest absolute Gasteiger partial charge is 0.383 e. The highest BCUT2D eigenvalue weighted by atomic mass is 35.5. The minimum atomic E-state index is -3.93. The van der Waals surface area contributed by atoms with E-state index < -0.39 is 10.0 Å². The minimum absolute atomic E-state index is 0.0534. The fourth-order valence-electron chi connectivity index (χ4n) is 3.16. The third-order valence-electron chi connectivity index (χ3n) is 4.53. The van der Waals surface area contributed by atoms with Gasteiger partial charge in [-0.05, 0) is 24.3 Å². The number of nitrogen functional groups attached to an aromatic ring is 1. The first-order valence-electron chi connectivity index (χ1n) is 8.75. The Morgan fingerprint density at radius 2 is 1.90 bits per heavy atom. The van der Waals surface area contributed by atoms with E-state index in [2.05, 4.69) is 14.7 Å². The number of anilines is 2. The second-order valence-electron chi connectivity index (χ2n) is 6.56. The highest BCUT2D eigenvalue weighted by molar-refractivity contribution is 7.92. The van der Waals surface area contributed by atoms with Crippen LogP contribution in [-0.2, 0) is 17.1 Å². The summed E-state index contributed by atoms with van der Waals surface area (Å²) in [5.74, 6) is -0.139. The van der Waals surface area contributed by atoms with E-state index in [-0.39, 0.29) is 32.8 Å². The summed E-state index contributed by atoms with van der Waals surface area (Å²) in [4.78, 5) is 21.2. The summed E-state index contributed by atoms with van der Waals surface area (Å²) in [6.45, 7) is 0. The smallest absolute Gasteiger partial charge is 0.263 e. The number of hydrogen-bond donors (Lipinski definition) is 2. The maximum absolute atomic E-state index is 13.1. The zero-order chi connectivity index (χ0) is 21.5. The van der Waals surface area contributed by atoms with Gasteiger partial charge in [-0.15, -0.1) is 0 Å². The molecule has 0 unspecified atom stereocenters. The van der Waals surface area contributed by atoms with Gasteiger partial charge in [-0.3, -0.25) is 9.52 Å². The molecule has 0 aliphatic carbocycles. The number of aromatic nitrogens is 3. The van der Waals surface area contributed by atoms with Crippen molar-refractivity contribution in [2.24, 2.45) is 7.05 Å². The molecular weight excluding hydrogens is 426 g/mol. The van der Waals surface area contributed by atoms with E-state index in [4.69, 9.17) is 17.3 Å². The van der Waals surface area contributed by atoms with Crippen LogP contribution in [0.3, 0.4) is 0 Å². The van der Waals surface area contributed by atoms with Crippen molar-refractivity contribution in [3.05, 3.63) is 77.2 Å². The Morgan fingerprint density at radius 3 is 2.67 bits per heavy atom. The molecule has 2 heterocycles. The lowest BCUT2D eigenvalue weighted by molar-refractivity contribution is 0.104. The summed E-state index contributed by atoms with van der Waals surface area (Å²) >= 11 is 6.01. The predicted octanol–water partition coefficient (Wildman–Crippen LogP) is 3.24. The van der Waals surface area contributed by atoms with E-state index in [0.717, 1.165) is 0 Å². The molecule has 8 nitrogen and oxygen atoms in total. The molecule has 0 aliphatic rings. The number of nitrogens with one attached hydrogen (secondary N) is 1. The third-order valence-corrected chi connectivity index (χ3v) is 6.41. The summed E-state index contributed by atoms with van der Waals surface area (Å²) in [6, 6.07) is 12.3. The molecule has 2 aromatic heterocycles. The molecule has 4 rings (SSSR count).